The van der Waals surface area contributed by atoms with Gasteiger partial charge in [-0.15, -0.1) is 0 Å². The molecular formula is C13H17N3O4S. The third-order valence-electron chi connectivity index (χ3n) is 2.79. The number of rotatable bonds is 6. The summed E-state index contributed by atoms with van der Waals surface area (Å²) in [6.45, 7) is 3.93. The van der Waals surface area contributed by atoms with Crippen molar-refractivity contribution < 1.29 is 17.7 Å². The highest BCUT2D eigenvalue weighted by molar-refractivity contribution is 7.89. The molecule has 0 aliphatic carbocycles. The number of aryl methyl sites for hydroxylation is 1. The predicted octanol–water partition coefficient (Wildman–Crippen LogP) is 1.74. The van der Waals surface area contributed by atoms with E-state index in [4.69, 9.17) is 9.26 Å². The number of benzene rings is 1. The van der Waals surface area contributed by atoms with Crippen LogP contribution in [-0.4, -0.2) is 32.2 Å². The molecule has 114 valence electrons. The van der Waals surface area contributed by atoms with Crippen LogP contribution in [-0.2, 0) is 10.0 Å². The zero-order chi connectivity index (χ0) is 15.5. The Balaban J connectivity index is 2.48. The van der Waals surface area contributed by atoms with Crippen molar-refractivity contribution in [1.82, 2.24) is 14.9 Å². The van der Waals surface area contributed by atoms with Gasteiger partial charge >= 0.3 is 0 Å². The molecular weight excluding hydrogens is 294 g/mol. The van der Waals surface area contributed by atoms with Crippen LogP contribution in [0.4, 0.5) is 0 Å². The van der Waals surface area contributed by atoms with Gasteiger partial charge in [-0.1, -0.05) is 12.1 Å². The summed E-state index contributed by atoms with van der Waals surface area (Å²) in [5, 5.41) is 3.80. The Morgan fingerprint density at radius 1 is 1.38 bits per heavy atom. The van der Waals surface area contributed by atoms with Gasteiger partial charge in [-0.2, -0.15) is 4.98 Å². The highest BCUT2D eigenvalue weighted by Crippen LogP contribution is 2.30. The molecule has 0 unspecified atom stereocenters. The number of methoxy groups -OCH3 is 1. The molecule has 7 nitrogen and oxygen atoms in total. The van der Waals surface area contributed by atoms with E-state index in [-0.39, 0.29) is 10.7 Å². The summed E-state index contributed by atoms with van der Waals surface area (Å²) < 4.78 is 37.0. The summed E-state index contributed by atoms with van der Waals surface area (Å²) in [6, 6.07) is 4.52. The molecule has 0 bridgehead atoms. The van der Waals surface area contributed by atoms with Gasteiger partial charge in [-0.25, -0.2) is 13.1 Å². The average molecular weight is 311 g/mol. The molecule has 8 heteroatoms. The second-order valence-electron chi connectivity index (χ2n) is 4.40. The molecule has 0 saturated heterocycles. The summed E-state index contributed by atoms with van der Waals surface area (Å²) in [7, 11) is -2.07. The number of hydrogen-bond acceptors (Lipinski definition) is 6. The van der Waals surface area contributed by atoms with Gasteiger partial charge in [0.2, 0.25) is 21.7 Å². The van der Waals surface area contributed by atoms with Gasteiger partial charge in [0.1, 0.15) is 5.75 Å². The molecule has 2 rings (SSSR count). The summed E-state index contributed by atoms with van der Waals surface area (Å²) in [5.74, 6) is 1.16. The first kappa shape index (κ1) is 15.5. The van der Waals surface area contributed by atoms with E-state index in [0.29, 0.717) is 30.2 Å². The van der Waals surface area contributed by atoms with Crippen molar-refractivity contribution in [2.24, 2.45) is 0 Å². The van der Waals surface area contributed by atoms with Gasteiger partial charge in [0.05, 0.1) is 17.6 Å². The zero-order valence-electron chi connectivity index (χ0n) is 12.1. The van der Waals surface area contributed by atoms with Crippen LogP contribution in [0.15, 0.2) is 27.6 Å². The maximum atomic E-state index is 12.2. The van der Waals surface area contributed by atoms with Crippen molar-refractivity contribution in [2.75, 3.05) is 13.7 Å². The summed E-state index contributed by atoms with van der Waals surface area (Å²) in [4.78, 5) is 4.24. The lowest BCUT2D eigenvalue weighted by Crippen LogP contribution is -2.24. The van der Waals surface area contributed by atoms with E-state index in [1.54, 1.807) is 13.0 Å². The molecule has 2 aromatic rings. The molecule has 0 radical (unpaired) electrons. The molecule has 0 saturated carbocycles. The number of sulfonamides is 1. The number of hydrogen-bond donors (Lipinski definition) is 1. The Hall–Kier alpha value is -1.93. The number of nitrogens with one attached hydrogen (secondary N) is 1. The summed E-state index contributed by atoms with van der Waals surface area (Å²) >= 11 is 0. The smallest absolute Gasteiger partial charge is 0.240 e. The van der Waals surface area contributed by atoms with Crippen LogP contribution in [0.2, 0.25) is 0 Å². The second-order valence-corrected chi connectivity index (χ2v) is 6.16. The maximum Gasteiger partial charge on any atom is 0.240 e. The van der Waals surface area contributed by atoms with Crippen molar-refractivity contribution in [3.63, 3.8) is 0 Å². The second kappa shape index (κ2) is 6.23. The molecule has 0 spiro atoms. The zero-order valence-corrected chi connectivity index (χ0v) is 12.9. The fourth-order valence-electron chi connectivity index (χ4n) is 1.76. The normalized spacial score (nSPS) is 11.6. The van der Waals surface area contributed by atoms with Crippen molar-refractivity contribution in [2.45, 2.75) is 25.2 Å². The Bertz CT molecular complexity index is 725. The van der Waals surface area contributed by atoms with Crippen molar-refractivity contribution in [3.8, 4) is 17.1 Å². The molecule has 0 aliphatic heterocycles. The first-order valence-corrected chi connectivity index (χ1v) is 7.94. The standard InChI is InChI=1S/C13H17N3O4S/c1-4-7-14-21(17,18)10-5-6-12(19-3)11(8-10)13-15-9(2)20-16-13/h5-6,8,14H,4,7H2,1-3H3. The molecule has 1 aromatic heterocycles. The van der Waals surface area contributed by atoms with E-state index in [9.17, 15) is 8.42 Å². The first-order valence-electron chi connectivity index (χ1n) is 6.46. The lowest BCUT2D eigenvalue weighted by atomic mass is 10.2. The Morgan fingerprint density at radius 2 is 2.14 bits per heavy atom. The molecule has 0 aliphatic rings. The highest BCUT2D eigenvalue weighted by atomic mass is 32.2. The topological polar surface area (TPSA) is 94.3 Å². The monoisotopic (exact) mass is 311 g/mol. The van der Waals surface area contributed by atoms with E-state index < -0.39 is 10.0 Å². The van der Waals surface area contributed by atoms with Crippen LogP contribution in [0, 0.1) is 6.92 Å². The van der Waals surface area contributed by atoms with E-state index in [2.05, 4.69) is 14.9 Å². The van der Waals surface area contributed by atoms with E-state index >= 15 is 0 Å². The van der Waals surface area contributed by atoms with Gasteiger partial charge in [0.15, 0.2) is 0 Å². The van der Waals surface area contributed by atoms with Gasteiger partial charge in [0, 0.05) is 13.5 Å². The largest absolute Gasteiger partial charge is 0.496 e. The molecule has 1 aromatic carbocycles. The highest BCUT2D eigenvalue weighted by Gasteiger charge is 2.19. The van der Waals surface area contributed by atoms with Crippen LogP contribution in [0.1, 0.15) is 19.2 Å². The number of ether oxygens (including phenoxy) is 1. The van der Waals surface area contributed by atoms with Crippen LogP contribution in [0.5, 0.6) is 5.75 Å². The molecule has 0 fully saturated rings. The fourth-order valence-corrected chi connectivity index (χ4v) is 2.92. The quantitative estimate of drug-likeness (QED) is 0.873. The molecule has 21 heavy (non-hydrogen) atoms. The van der Waals surface area contributed by atoms with E-state index in [0.717, 1.165) is 0 Å². The van der Waals surface area contributed by atoms with Crippen LogP contribution >= 0.6 is 0 Å². The lowest BCUT2D eigenvalue weighted by Gasteiger charge is -2.09. The SMILES string of the molecule is CCCNS(=O)(=O)c1ccc(OC)c(-c2noc(C)n2)c1. The number of aromatic nitrogens is 2. The number of nitrogens with zero attached hydrogens (tertiary/aromatic N) is 2. The van der Waals surface area contributed by atoms with Gasteiger partial charge in [-0.3, -0.25) is 0 Å². The van der Waals surface area contributed by atoms with E-state index in [1.165, 1.54) is 19.2 Å². The molecule has 0 amide bonds. The molecule has 1 heterocycles. The van der Waals surface area contributed by atoms with Gasteiger partial charge in [-0.05, 0) is 24.6 Å². The first-order chi connectivity index (χ1) is 9.97. The Morgan fingerprint density at radius 3 is 2.71 bits per heavy atom. The third-order valence-corrected chi connectivity index (χ3v) is 4.25. The minimum Gasteiger partial charge on any atom is -0.496 e. The van der Waals surface area contributed by atoms with Crippen molar-refractivity contribution >= 4 is 10.0 Å². The summed E-state index contributed by atoms with van der Waals surface area (Å²) in [5.41, 5.74) is 0.466. The van der Waals surface area contributed by atoms with Crippen LogP contribution in [0.3, 0.4) is 0 Å². The lowest BCUT2D eigenvalue weighted by molar-refractivity contribution is 0.392. The van der Waals surface area contributed by atoms with E-state index in [1.807, 2.05) is 6.92 Å². The van der Waals surface area contributed by atoms with Crippen LogP contribution < -0.4 is 9.46 Å². The maximum absolute atomic E-state index is 12.2. The Labute approximate surface area is 123 Å². The van der Waals surface area contributed by atoms with Crippen LogP contribution in [0.25, 0.3) is 11.4 Å². The molecule has 0 atom stereocenters. The summed E-state index contributed by atoms with van der Waals surface area (Å²) in [6.07, 6.45) is 0.715. The predicted molar refractivity (Wildman–Crippen MR) is 76.5 cm³/mol. The minimum atomic E-state index is -3.56. The third kappa shape index (κ3) is 3.40. The minimum absolute atomic E-state index is 0.134. The van der Waals surface area contributed by atoms with Crippen molar-refractivity contribution in [3.05, 3.63) is 24.1 Å². The van der Waals surface area contributed by atoms with Gasteiger partial charge in [0.25, 0.3) is 0 Å². The Kier molecular flexibility index (Phi) is 4.59. The van der Waals surface area contributed by atoms with Crippen molar-refractivity contribution in [1.29, 1.82) is 0 Å². The molecule has 1 N–H and O–H groups in total. The fraction of sp³-hybridized carbons (Fsp3) is 0.385. The van der Waals surface area contributed by atoms with Gasteiger partial charge < -0.3 is 9.26 Å². The average Bonchev–Trinajstić information content (AvgIpc) is 2.91.